The Bertz CT molecular complexity index is 891. The van der Waals surface area contributed by atoms with E-state index in [9.17, 15) is 9.59 Å². The zero-order valence-electron chi connectivity index (χ0n) is 17.7. The Morgan fingerprint density at radius 1 is 1.07 bits per heavy atom. The number of nitrogens with zero attached hydrogens (tertiary/aromatic N) is 1. The number of carbonyl (C=O) groups excluding carboxylic acids is 2. The Balaban J connectivity index is 1.90. The van der Waals surface area contributed by atoms with Gasteiger partial charge in [0.05, 0.1) is 12.2 Å². The number of rotatable bonds is 6. The topological polar surface area (TPSA) is 55.8 Å². The van der Waals surface area contributed by atoms with Gasteiger partial charge in [0.15, 0.2) is 0 Å². The van der Waals surface area contributed by atoms with Crippen LogP contribution in [-0.2, 0) is 20.9 Å². The van der Waals surface area contributed by atoms with Crippen LogP contribution >= 0.6 is 0 Å². The Hall–Kier alpha value is -2.82. The Morgan fingerprint density at radius 3 is 2.48 bits per heavy atom. The largest absolute Gasteiger partial charge is 0.464 e. The first-order chi connectivity index (χ1) is 13.9. The van der Waals surface area contributed by atoms with Gasteiger partial charge in [-0.3, -0.25) is 0 Å². The van der Waals surface area contributed by atoms with Crippen LogP contribution in [0.15, 0.2) is 36.4 Å². The molecule has 0 radical (unpaired) electrons. The highest BCUT2D eigenvalue weighted by Gasteiger charge is 2.34. The molecular weight excluding hydrogens is 366 g/mol. The van der Waals surface area contributed by atoms with E-state index in [-0.39, 0.29) is 24.6 Å². The first-order valence-electron chi connectivity index (χ1n) is 10.2. The standard InChI is InChI=1S/C24H29NO4/c1-5-28-23(26)20-12-9-13-25(20)22-17(3)14-16(2)21(18(22)4)24(27)29-15-19-10-7-6-8-11-19/h6-8,10-11,14,20H,5,9,12-13,15H2,1-4H3/t20-/m0/s1. The van der Waals surface area contributed by atoms with E-state index >= 15 is 0 Å². The van der Waals surface area contributed by atoms with E-state index in [4.69, 9.17) is 9.47 Å². The van der Waals surface area contributed by atoms with Crippen molar-refractivity contribution in [1.29, 1.82) is 0 Å². The minimum Gasteiger partial charge on any atom is -0.464 e. The number of hydrogen-bond donors (Lipinski definition) is 0. The molecule has 1 aliphatic heterocycles. The molecule has 0 spiro atoms. The van der Waals surface area contributed by atoms with Crippen LogP contribution in [0.4, 0.5) is 5.69 Å². The molecule has 154 valence electrons. The number of aryl methyl sites for hydroxylation is 2. The lowest BCUT2D eigenvalue weighted by atomic mass is 9.96. The molecular formula is C24H29NO4. The van der Waals surface area contributed by atoms with Crippen LogP contribution in [0.3, 0.4) is 0 Å². The molecule has 5 heteroatoms. The lowest BCUT2D eigenvalue weighted by Gasteiger charge is -2.30. The average Bonchev–Trinajstić information content (AvgIpc) is 3.16. The summed E-state index contributed by atoms with van der Waals surface area (Å²) in [6.07, 6.45) is 1.68. The van der Waals surface area contributed by atoms with E-state index in [0.717, 1.165) is 47.3 Å². The molecule has 0 unspecified atom stereocenters. The van der Waals surface area contributed by atoms with Gasteiger partial charge in [0.1, 0.15) is 12.6 Å². The molecule has 0 bridgehead atoms. The first kappa shape index (κ1) is 20.9. The van der Waals surface area contributed by atoms with Gasteiger partial charge in [-0.15, -0.1) is 0 Å². The summed E-state index contributed by atoms with van der Waals surface area (Å²) >= 11 is 0. The number of anilines is 1. The fourth-order valence-electron chi connectivity index (χ4n) is 4.24. The quantitative estimate of drug-likeness (QED) is 0.674. The van der Waals surface area contributed by atoms with Crippen LogP contribution in [0, 0.1) is 20.8 Å². The predicted octanol–water partition coefficient (Wildman–Crippen LogP) is 4.50. The first-order valence-corrected chi connectivity index (χ1v) is 10.2. The van der Waals surface area contributed by atoms with Crippen LogP contribution < -0.4 is 4.90 Å². The number of esters is 2. The second-order valence-electron chi connectivity index (χ2n) is 7.52. The summed E-state index contributed by atoms with van der Waals surface area (Å²) in [5.74, 6) is -0.533. The number of hydrogen-bond acceptors (Lipinski definition) is 5. The maximum absolute atomic E-state index is 12.9. The maximum Gasteiger partial charge on any atom is 0.339 e. The van der Waals surface area contributed by atoms with Crippen molar-refractivity contribution in [3.8, 4) is 0 Å². The monoisotopic (exact) mass is 395 g/mol. The molecule has 0 amide bonds. The Labute approximate surface area is 172 Å². The molecule has 0 saturated carbocycles. The summed E-state index contributed by atoms with van der Waals surface area (Å²) in [4.78, 5) is 27.5. The smallest absolute Gasteiger partial charge is 0.339 e. The normalized spacial score (nSPS) is 16.0. The molecule has 2 aromatic carbocycles. The van der Waals surface area contributed by atoms with Crippen molar-refractivity contribution >= 4 is 17.6 Å². The van der Waals surface area contributed by atoms with E-state index < -0.39 is 0 Å². The summed E-state index contributed by atoms with van der Waals surface area (Å²) in [6, 6.07) is 11.3. The van der Waals surface area contributed by atoms with Crippen molar-refractivity contribution in [2.45, 2.75) is 53.2 Å². The van der Waals surface area contributed by atoms with Crippen molar-refractivity contribution in [1.82, 2.24) is 0 Å². The molecule has 2 aromatic rings. The fraction of sp³-hybridized carbons (Fsp3) is 0.417. The van der Waals surface area contributed by atoms with Crippen LogP contribution in [0.25, 0.3) is 0 Å². The summed E-state index contributed by atoms with van der Waals surface area (Å²) in [7, 11) is 0. The molecule has 0 N–H and O–H groups in total. The Morgan fingerprint density at radius 2 is 1.79 bits per heavy atom. The predicted molar refractivity (Wildman–Crippen MR) is 113 cm³/mol. The molecule has 0 aliphatic carbocycles. The number of ether oxygens (including phenoxy) is 2. The van der Waals surface area contributed by atoms with Crippen molar-refractivity contribution < 1.29 is 19.1 Å². The van der Waals surface area contributed by atoms with Gasteiger partial charge in [-0.1, -0.05) is 36.4 Å². The number of carbonyl (C=O) groups is 2. The van der Waals surface area contributed by atoms with E-state index in [1.54, 1.807) is 0 Å². The Kier molecular flexibility index (Phi) is 6.57. The van der Waals surface area contributed by atoms with E-state index in [1.165, 1.54) is 0 Å². The van der Waals surface area contributed by atoms with Crippen LogP contribution in [0.2, 0.25) is 0 Å². The van der Waals surface area contributed by atoms with Crippen molar-refractivity contribution in [2.75, 3.05) is 18.1 Å². The van der Waals surface area contributed by atoms with Crippen LogP contribution in [-0.4, -0.2) is 31.1 Å². The molecule has 0 aromatic heterocycles. The highest BCUT2D eigenvalue weighted by Crippen LogP contribution is 2.35. The van der Waals surface area contributed by atoms with Gasteiger partial charge in [-0.2, -0.15) is 0 Å². The van der Waals surface area contributed by atoms with Gasteiger partial charge in [-0.05, 0) is 62.8 Å². The van der Waals surface area contributed by atoms with E-state index in [1.807, 2.05) is 64.1 Å². The summed E-state index contributed by atoms with van der Waals surface area (Å²) in [5, 5.41) is 0. The molecule has 1 heterocycles. The van der Waals surface area contributed by atoms with E-state index in [0.29, 0.717) is 12.2 Å². The second kappa shape index (κ2) is 9.12. The number of benzene rings is 2. The van der Waals surface area contributed by atoms with E-state index in [2.05, 4.69) is 4.90 Å². The second-order valence-corrected chi connectivity index (χ2v) is 7.52. The van der Waals surface area contributed by atoms with Crippen molar-refractivity contribution in [3.05, 3.63) is 64.2 Å². The van der Waals surface area contributed by atoms with Crippen LogP contribution in [0.1, 0.15) is 52.4 Å². The third-order valence-electron chi connectivity index (χ3n) is 5.45. The van der Waals surface area contributed by atoms with Gasteiger partial charge < -0.3 is 14.4 Å². The average molecular weight is 395 g/mol. The minimum absolute atomic E-state index is 0.197. The summed E-state index contributed by atoms with van der Waals surface area (Å²) in [6.45, 7) is 9.08. The molecule has 1 atom stereocenters. The SMILES string of the molecule is CCOC(=O)[C@@H]1CCCN1c1c(C)cc(C)c(C(=O)OCc2ccccc2)c1C. The van der Waals surface area contributed by atoms with Gasteiger partial charge >= 0.3 is 11.9 Å². The highest BCUT2D eigenvalue weighted by molar-refractivity contribution is 5.95. The zero-order chi connectivity index (χ0) is 21.0. The molecule has 5 nitrogen and oxygen atoms in total. The van der Waals surface area contributed by atoms with Gasteiger partial charge in [0.2, 0.25) is 0 Å². The molecule has 1 aliphatic rings. The van der Waals surface area contributed by atoms with Gasteiger partial charge in [0.25, 0.3) is 0 Å². The third-order valence-corrected chi connectivity index (χ3v) is 5.45. The third kappa shape index (κ3) is 4.44. The molecule has 1 fully saturated rings. The van der Waals surface area contributed by atoms with Gasteiger partial charge in [-0.25, -0.2) is 9.59 Å². The fourth-order valence-corrected chi connectivity index (χ4v) is 4.24. The van der Waals surface area contributed by atoms with Crippen LogP contribution in [0.5, 0.6) is 0 Å². The molecule has 1 saturated heterocycles. The molecule has 3 rings (SSSR count). The summed E-state index contributed by atoms with van der Waals surface area (Å²) in [5.41, 5.74) is 5.26. The maximum atomic E-state index is 12.9. The zero-order valence-corrected chi connectivity index (χ0v) is 17.7. The van der Waals surface area contributed by atoms with Gasteiger partial charge in [0, 0.05) is 12.2 Å². The highest BCUT2D eigenvalue weighted by atomic mass is 16.5. The lowest BCUT2D eigenvalue weighted by Crippen LogP contribution is -2.38. The lowest BCUT2D eigenvalue weighted by molar-refractivity contribution is -0.144. The molecule has 29 heavy (non-hydrogen) atoms. The van der Waals surface area contributed by atoms with Crippen molar-refractivity contribution in [2.24, 2.45) is 0 Å². The summed E-state index contributed by atoms with van der Waals surface area (Å²) < 4.78 is 10.9. The van der Waals surface area contributed by atoms with Crippen molar-refractivity contribution in [3.63, 3.8) is 0 Å². The minimum atomic E-state index is -0.336.